The summed E-state index contributed by atoms with van der Waals surface area (Å²) in [5.41, 5.74) is 0. The molecule has 0 saturated carbocycles. The lowest BCUT2D eigenvalue weighted by atomic mass is 10.0. The second-order valence-corrected chi connectivity index (χ2v) is 8.27. The van der Waals surface area contributed by atoms with Crippen LogP contribution in [0, 0.1) is 11.7 Å². The van der Waals surface area contributed by atoms with E-state index in [1.165, 1.54) is 6.07 Å². The SMILES string of the molecule is CN=C(NCC(CC(C)C)N1CCOCC1)NC1CCN(c2ncccc2F)C1.I. The number of morpholine rings is 1. The van der Waals surface area contributed by atoms with Crippen molar-refractivity contribution in [3.8, 4) is 0 Å². The van der Waals surface area contributed by atoms with Gasteiger partial charge in [0.1, 0.15) is 0 Å². The summed E-state index contributed by atoms with van der Waals surface area (Å²) in [6.45, 7) is 10.5. The van der Waals surface area contributed by atoms with E-state index in [2.05, 4.69) is 39.4 Å². The lowest BCUT2D eigenvalue weighted by Gasteiger charge is -2.36. The highest BCUT2D eigenvalue weighted by Gasteiger charge is 2.27. The lowest BCUT2D eigenvalue weighted by molar-refractivity contribution is 0.0132. The first-order valence-electron chi connectivity index (χ1n) is 10.7. The summed E-state index contributed by atoms with van der Waals surface area (Å²) in [6, 6.07) is 3.76. The summed E-state index contributed by atoms with van der Waals surface area (Å²) in [7, 11) is 1.80. The number of aliphatic imine (C=N–C) groups is 1. The fourth-order valence-electron chi connectivity index (χ4n) is 4.13. The maximum atomic E-state index is 14.0. The number of nitrogens with zero attached hydrogens (tertiary/aromatic N) is 4. The van der Waals surface area contributed by atoms with Crippen LogP contribution in [-0.4, -0.2) is 80.9 Å². The minimum atomic E-state index is -0.266. The Morgan fingerprint density at radius 1 is 1.33 bits per heavy atom. The van der Waals surface area contributed by atoms with Gasteiger partial charge in [-0.25, -0.2) is 9.37 Å². The predicted octanol–water partition coefficient (Wildman–Crippen LogP) is 2.33. The molecule has 0 amide bonds. The second kappa shape index (κ2) is 12.6. The minimum absolute atomic E-state index is 0. The highest BCUT2D eigenvalue weighted by molar-refractivity contribution is 14.0. The molecule has 2 saturated heterocycles. The Hall–Kier alpha value is -1.20. The highest BCUT2D eigenvalue weighted by Crippen LogP contribution is 2.20. The Morgan fingerprint density at radius 3 is 2.77 bits per heavy atom. The number of anilines is 1. The molecule has 0 radical (unpaired) electrons. The Kier molecular flexibility index (Phi) is 10.5. The van der Waals surface area contributed by atoms with E-state index >= 15 is 0 Å². The molecule has 9 heteroatoms. The predicted molar refractivity (Wildman–Crippen MR) is 130 cm³/mol. The van der Waals surface area contributed by atoms with E-state index < -0.39 is 0 Å². The Bertz CT molecular complexity index is 671. The van der Waals surface area contributed by atoms with Crippen LogP contribution in [0.15, 0.2) is 23.3 Å². The number of hydrogen-bond acceptors (Lipinski definition) is 5. The molecule has 1 aromatic heterocycles. The van der Waals surface area contributed by atoms with E-state index in [0.717, 1.165) is 58.2 Å². The summed E-state index contributed by atoms with van der Waals surface area (Å²) in [6.07, 6.45) is 3.70. The van der Waals surface area contributed by atoms with Gasteiger partial charge in [-0.1, -0.05) is 13.8 Å². The van der Waals surface area contributed by atoms with Crippen LogP contribution in [0.1, 0.15) is 26.7 Å². The van der Waals surface area contributed by atoms with Gasteiger partial charge >= 0.3 is 0 Å². The molecule has 2 atom stereocenters. The van der Waals surface area contributed by atoms with Crippen LogP contribution < -0.4 is 15.5 Å². The average Bonchev–Trinajstić information content (AvgIpc) is 3.19. The van der Waals surface area contributed by atoms with Gasteiger partial charge in [0, 0.05) is 58.1 Å². The largest absolute Gasteiger partial charge is 0.379 e. The summed E-state index contributed by atoms with van der Waals surface area (Å²) >= 11 is 0. The van der Waals surface area contributed by atoms with Gasteiger partial charge in [0.05, 0.1) is 13.2 Å². The van der Waals surface area contributed by atoms with Crippen molar-refractivity contribution in [3.63, 3.8) is 0 Å². The third-order valence-electron chi connectivity index (χ3n) is 5.60. The van der Waals surface area contributed by atoms with Gasteiger partial charge in [0.15, 0.2) is 17.6 Å². The normalized spacial score (nSPS) is 21.4. The summed E-state index contributed by atoms with van der Waals surface area (Å²) < 4.78 is 19.5. The molecule has 0 bridgehead atoms. The molecule has 3 rings (SSSR count). The molecule has 2 unspecified atom stereocenters. The van der Waals surface area contributed by atoms with Gasteiger partial charge < -0.3 is 20.3 Å². The van der Waals surface area contributed by atoms with Gasteiger partial charge in [-0.3, -0.25) is 9.89 Å². The van der Waals surface area contributed by atoms with Gasteiger partial charge in [-0.2, -0.15) is 0 Å². The number of pyridine rings is 1. The third kappa shape index (κ3) is 7.19. The first kappa shape index (κ1) is 25.1. The zero-order chi connectivity index (χ0) is 20.6. The summed E-state index contributed by atoms with van der Waals surface area (Å²) in [5.74, 6) is 1.61. The smallest absolute Gasteiger partial charge is 0.191 e. The maximum absolute atomic E-state index is 14.0. The number of halogens is 2. The Labute approximate surface area is 196 Å². The zero-order valence-electron chi connectivity index (χ0n) is 18.3. The molecule has 2 aliphatic rings. The van der Waals surface area contributed by atoms with Gasteiger partial charge in [0.2, 0.25) is 0 Å². The molecular formula is C21H36FIN6O. The number of guanidine groups is 1. The molecule has 1 aromatic rings. The van der Waals surface area contributed by atoms with E-state index in [4.69, 9.17) is 4.74 Å². The van der Waals surface area contributed by atoms with E-state index in [0.29, 0.717) is 24.3 Å². The standard InChI is InChI=1S/C21H35FN6O.HI/c1-16(2)13-18(27-9-11-29-12-10-27)14-25-21(23-3)26-17-6-8-28(15-17)20-19(22)5-4-7-24-20;/h4-5,7,16-18H,6,8-15H2,1-3H3,(H2,23,25,26);1H. The topological polar surface area (TPSA) is 65.0 Å². The molecule has 7 nitrogen and oxygen atoms in total. The molecule has 0 spiro atoms. The molecule has 3 heterocycles. The zero-order valence-corrected chi connectivity index (χ0v) is 20.6. The third-order valence-corrected chi connectivity index (χ3v) is 5.60. The monoisotopic (exact) mass is 534 g/mol. The Balaban J connectivity index is 0.00000320. The maximum Gasteiger partial charge on any atom is 0.191 e. The van der Waals surface area contributed by atoms with Crippen LogP contribution >= 0.6 is 24.0 Å². The molecule has 2 fully saturated rings. The molecule has 2 N–H and O–H groups in total. The van der Waals surface area contributed by atoms with E-state index in [1.54, 1.807) is 19.3 Å². The minimum Gasteiger partial charge on any atom is -0.379 e. The van der Waals surface area contributed by atoms with Gasteiger partial charge in [-0.15, -0.1) is 24.0 Å². The van der Waals surface area contributed by atoms with Crippen molar-refractivity contribution >= 4 is 35.8 Å². The van der Waals surface area contributed by atoms with Gasteiger partial charge in [-0.05, 0) is 30.9 Å². The molecule has 0 aromatic carbocycles. The fraction of sp³-hybridized carbons (Fsp3) is 0.714. The summed E-state index contributed by atoms with van der Waals surface area (Å²) in [5, 5.41) is 7.01. The molecule has 2 aliphatic heterocycles. The average molecular weight is 534 g/mol. The van der Waals surface area contributed by atoms with E-state index in [-0.39, 0.29) is 35.8 Å². The number of hydrogen-bond donors (Lipinski definition) is 2. The van der Waals surface area contributed by atoms with Crippen molar-refractivity contribution in [2.24, 2.45) is 10.9 Å². The molecule has 0 aliphatic carbocycles. The first-order valence-corrected chi connectivity index (χ1v) is 10.7. The van der Waals surface area contributed by atoms with E-state index in [1.807, 2.05) is 4.90 Å². The van der Waals surface area contributed by atoms with Crippen LogP contribution in [0.5, 0.6) is 0 Å². The number of ether oxygens (including phenoxy) is 1. The van der Waals surface area contributed by atoms with Crippen LogP contribution in [0.2, 0.25) is 0 Å². The van der Waals surface area contributed by atoms with Crippen LogP contribution in [-0.2, 0) is 4.74 Å². The molecule has 30 heavy (non-hydrogen) atoms. The Morgan fingerprint density at radius 2 is 2.10 bits per heavy atom. The van der Waals surface area contributed by atoms with Gasteiger partial charge in [0.25, 0.3) is 0 Å². The van der Waals surface area contributed by atoms with Crippen LogP contribution in [0.3, 0.4) is 0 Å². The van der Waals surface area contributed by atoms with Crippen LogP contribution in [0.25, 0.3) is 0 Å². The van der Waals surface area contributed by atoms with Crippen molar-refractivity contribution in [3.05, 3.63) is 24.1 Å². The quantitative estimate of drug-likeness (QED) is 0.318. The molecular weight excluding hydrogens is 498 g/mol. The van der Waals surface area contributed by atoms with Crippen molar-refractivity contribution < 1.29 is 9.13 Å². The van der Waals surface area contributed by atoms with Crippen molar-refractivity contribution in [2.75, 3.05) is 57.9 Å². The first-order chi connectivity index (χ1) is 14.1. The van der Waals surface area contributed by atoms with Crippen molar-refractivity contribution in [2.45, 2.75) is 38.8 Å². The lowest BCUT2D eigenvalue weighted by Crippen LogP contribution is -2.52. The van der Waals surface area contributed by atoms with E-state index in [9.17, 15) is 4.39 Å². The highest BCUT2D eigenvalue weighted by atomic mass is 127. The van der Waals surface area contributed by atoms with Crippen LogP contribution in [0.4, 0.5) is 10.2 Å². The number of rotatable bonds is 7. The van der Waals surface area contributed by atoms with Crippen molar-refractivity contribution in [1.82, 2.24) is 20.5 Å². The second-order valence-electron chi connectivity index (χ2n) is 8.27. The molecule has 170 valence electrons. The summed E-state index contributed by atoms with van der Waals surface area (Å²) in [4.78, 5) is 13.1. The number of aromatic nitrogens is 1. The fourth-order valence-corrected chi connectivity index (χ4v) is 4.13. The number of nitrogens with one attached hydrogen (secondary N) is 2. The van der Waals surface area contributed by atoms with Crippen molar-refractivity contribution in [1.29, 1.82) is 0 Å².